The van der Waals surface area contributed by atoms with E-state index in [-0.39, 0.29) is 11.9 Å². The number of amides is 3. The number of urea groups is 1. The lowest BCUT2D eigenvalue weighted by molar-refractivity contribution is 0.0827. The molecule has 0 saturated heterocycles. The van der Waals surface area contributed by atoms with Crippen LogP contribution in [0.4, 0.5) is 10.5 Å². The van der Waals surface area contributed by atoms with Gasteiger partial charge in [-0.2, -0.15) is 0 Å². The topological polar surface area (TPSA) is 74.3 Å². The van der Waals surface area contributed by atoms with Crippen LogP contribution < -0.4 is 10.6 Å². The second-order valence-electron chi connectivity index (χ2n) is 7.37. The summed E-state index contributed by atoms with van der Waals surface area (Å²) in [6, 6.07) is 13.3. The van der Waals surface area contributed by atoms with Crippen molar-refractivity contribution in [1.29, 1.82) is 0 Å². The highest BCUT2D eigenvalue weighted by atomic mass is 32.1. The largest absolute Gasteiger partial charge is 0.345 e. The average Bonchev–Trinajstić information content (AvgIpc) is 3.18. The Bertz CT molecular complexity index is 1040. The predicted molar refractivity (Wildman–Crippen MR) is 122 cm³/mol. The van der Waals surface area contributed by atoms with Gasteiger partial charge in [-0.15, -0.1) is 11.3 Å². The minimum absolute atomic E-state index is 0.105. The Morgan fingerprint density at radius 1 is 1.07 bits per heavy atom. The lowest BCUT2D eigenvalue weighted by atomic mass is 10.1. The molecule has 0 spiro atoms. The van der Waals surface area contributed by atoms with Gasteiger partial charge in [0.1, 0.15) is 5.01 Å². The van der Waals surface area contributed by atoms with Gasteiger partial charge in [0.15, 0.2) is 0 Å². The number of nitrogens with zero attached hydrogens (tertiary/aromatic N) is 2. The van der Waals surface area contributed by atoms with Crippen molar-refractivity contribution in [3.8, 4) is 10.6 Å². The quantitative estimate of drug-likeness (QED) is 0.614. The highest BCUT2D eigenvalue weighted by Gasteiger charge is 2.12. The van der Waals surface area contributed by atoms with Crippen molar-refractivity contribution < 1.29 is 9.59 Å². The van der Waals surface area contributed by atoms with E-state index in [2.05, 4.69) is 46.8 Å². The minimum atomic E-state index is -0.304. The molecule has 0 aliphatic heterocycles. The Balaban J connectivity index is 1.54. The Labute approximate surface area is 181 Å². The number of aromatic nitrogens is 1. The first-order valence-corrected chi connectivity index (χ1v) is 10.6. The number of nitrogens with one attached hydrogen (secondary N) is 2. The summed E-state index contributed by atoms with van der Waals surface area (Å²) >= 11 is 1.60. The van der Waals surface area contributed by atoms with Crippen molar-refractivity contribution >= 4 is 29.0 Å². The molecule has 3 amide bonds. The summed E-state index contributed by atoms with van der Waals surface area (Å²) in [5, 5.41) is 8.68. The lowest BCUT2D eigenvalue weighted by Crippen LogP contribution is -2.31. The summed E-state index contributed by atoms with van der Waals surface area (Å²) in [6.07, 6.45) is 0.647. The lowest BCUT2D eigenvalue weighted by Gasteiger charge is -2.14. The molecule has 0 fully saturated rings. The third kappa shape index (κ3) is 5.45. The molecule has 0 unspecified atom stereocenters. The van der Waals surface area contributed by atoms with E-state index in [9.17, 15) is 9.59 Å². The number of aryl methyl sites for hydroxylation is 2. The summed E-state index contributed by atoms with van der Waals surface area (Å²) < 4.78 is 0. The number of hydrogen-bond donors (Lipinski definition) is 2. The van der Waals surface area contributed by atoms with E-state index in [1.807, 2.05) is 18.4 Å². The highest BCUT2D eigenvalue weighted by molar-refractivity contribution is 7.13. The van der Waals surface area contributed by atoms with Crippen molar-refractivity contribution in [2.45, 2.75) is 20.3 Å². The third-order valence-corrected chi connectivity index (χ3v) is 5.60. The Kier molecular flexibility index (Phi) is 6.84. The molecule has 0 saturated carbocycles. The molecule has 2 N–H and O–H groups in total. The molecule has 0 bridgehead atoms. The molecule has 3 rings (SSSR count). The molecule has 0 atom stereocenters. The molecule has 2 aromatic carbocycles. The average molecular weight is 423 g/mol. The summed E-state index contributed by atoms with van der Waals surface area (Å²) in [5.74, 6) is -0.105. The van der Waals surface area contributed by atoms with Crippen molar-refractivity contribution in [3.63, 3.8) is 0 Å². The zero-order valence-corrected chi connectivity index (χ0v) is 18.5. The van der Waals surface area contributed by atoms with Crippen molar-refractivity contribution in [2.75, 3.05) is 26.0 Å². The van der Waals surface area contributed by atoms with Gasteiger partial charge >= 0.3 is 6.03 Å². The van der Waals surface area contributed by atoms with Gasteiger partial charge in [0.05, 0.1) is 5.69 Å². The molecular formula is C23H26N4O2S. The van der Waals surface area contributed by atoms with E-state index in [4.69, 9.17) is 0 Å². The maximum Gasteiger partial charge on any atom is 0.319 e. The molecule has 0 radical (unpaired) electrons. The Morgan fingerprint density at radius 3 is 2.50 bits per heavy atom. The van der Waals surface area contributed by atoms with Gasteiger partial charge in [0.2, 0.25) is 0 Å². The van der Waals surface area contributed by atoms with Gasteiger partial charge in [-0.3, -0.25) is 4.79 Å². The van der Waals surface area contributed by atoms with Crippen LogP contribution in [-0.2, 0) is 6.42 Å². The molecular weight excluding hydrogens is 396 g/mol. The number of carbonyl (C=O) groups excluding carboxylic acids is 2. The number of anilines is 1. The van der Waals surface area contributed by atoms with Crippen LogP contribution in [0.5, 0.6) is 0 Å². The second kappa shape index (κ2) is 9.54. The van der Waals surface area contributed by atoms with Crippen LogP contribution >= 0.6 is 11.3 Å². The number of rotatable bonds is 6. The van der Waals surface area contributed by atoms with Gasteiger partial charge in [-0.05, 0) is 31.5 Å². The fourth-order valence-corrected chi connectivity index (χ4v) is 3.73. The number of carbonyl (C=O) groups is 2. The zero-order chi connectivity index (χ0) is 21.7. The van der Waals surface area contributed by atoms with Crippen LogP contribution in [0, 0.1) is 13.8 Å². The zero-order valence-electron chi connectivity index (χ0n) is 17.7. The summed E-state index contributed by atoms with van der Waals surface area (Å²) in [7, 11) is 3.40. The molecule has 3 aromatic rings. The smallest absolute Gasteiger partial charge is 0.319 e. The molecule has 30 heavy (non-hydrogen) atoms. The second-order valence-corrected chi connectivity index (χ2v) is 8.23. The molecule has 1 heterocycles. The normalized spacial score (nSPS) is 10.5. The fraction of sp³-hybridized carbons (Fsp3) is 0.261. The van der Waals surface area contributed by atoms with Crippen molar-refractivity contribution in [3.05, 3.63) is 70.2 Å². The van der Waals surface area contributed by atoms with E-state index < -0.39 is 0 Å². The molecule has 156 valence electrons. The molecule has 7 heteroatoms. The van der Waals surface area contributed by atoms with Gasteiger partial charge in [-0.1, -0.05) is 35.9 Å². The van der Waals surface area contributed by atoms with Gasteiger partial charge < -0.3 is 15.5 Å². The summed E-state index contributed by atoms with van der Waals surface area (Å²) in [6.45, 7) is 4.42. The van der Waals surface area contributed by atoms with E-state index in [0.717, 1.165) is 21.8 Å². The first kappa shape index (κ1) is 21.5. The van der Waals surface area contributed by atoms with Crippen LogP contribution in [0.25, 0.3) is 10.6 Å². The summed E-state index contributed by atoms with van der Waals surface area (Å²) in [4.78, 5) is 30.6. The van der Waals surface area contributed by atoms with E-state index in [0.29, 0.717) is 24.2 Å². The van der Waals surface area contributed by atoms with E-state index in [1.165, 1.54) is 10.5 Å². The van der Waals surface area contributed by atoms with Crippen molar-refractivity contribution in [1.82, 2.24) is 15.2 Å². The minimum Gasteiger partial charge on any atom is -0.345 e. The Hall–Kier alpha value is -3.19. The fourth-order valence-electron chi connectivity index (χ4n) is 2.87. The monoisotopic (exact) mass is 422 g/mol. The molecule has 6 nitrogen and oxygen atoms in total. The maximum absolute atomic E-state index is 12.3. The van der Waals surface area contributed by atoms with Crippen LogP contribution in [0.1, 0.15) is 27.2 Å². The SMILES string of the molecule is Cc1ccc(-c2nc(CCNC(=O)Nc3cc(C(=O)N(C)C)ccc3C)cs2)cc1. The van der Waals surface area contributed by atoms with Crippen LogP contribution in [0.15, 0.2) is 47.8 Å². The first-order valence-electron chi connectivity index (χ1n) is 9.72. The molecule has 0 aliphatic rings. The number of benzene rings is 2. The standard InChI is InChI=1S/C23H26N4O2S/c1-15-5-8-17(9-6-15)21-25-19(14-30-21)11-12-24-23(29)26-20-13-18(10-7-16(20)2)22(28)27(3)4/h5-10,13-14H,11-12H2,1-4H3,(H2,24,26,29). The summed E-state index contributed by atoms with van der Waals surface area (Å²) in [5.41, 5.74) is 5.32. The number of hydrogen-bond acceptors (Lipinski definition) is 4. The number of thiazole rings is 1. The molecule has 0 aliphatic carbocycles. The Morgan fingerprint density at radius 2 is 1.80 bits per heavy atom. The maximum atomic E-state index is 12.3. The van der Waals surface area contributed by atoms with E-state index >= 15 is 0 Å². The van der Waals surface area contributed by atoms with Crippen LogP contribution in [0.2, 0.25) is 0 Å². The van der Waals surface area contributed by atoms with E-state index in [1.54, 1.807) is 37.6 Å². The van der Waals surface area contributed by atoms with Gasteiger partial charge in [0.25, 0.3) is 5.91 Å². The van der Waals surface area contributed by atoms with Crippen LogP contribution in [-0.4, -0.2) is 42.5 Å². The third-order valence-electron chi connectivity index (χ3n) is 4.66. The predicted octanol–water partition coefficient (Wildman–Crippen LogP) is 4.49. The van der Waals surface area contributed by atoms with Gasteiger partial charge in [-0.25, -0.2) is 9.78 Å². The van der Waals surface area contributed by atoms with Crippen LogP contribution in [0.3, 0.4) is 0 Å². The molecule has 1 aromatic heterocycles. The first-order chi connectivity index (χ1) is 14.3. The van der Waals surface area contributed by atoms with Gasteiger partial charge in [0, 0.05) is 49.3 Å². The highest BCUT2D eigenvalue weighted by Crippen LogP contribution is 2.24. The van der Waals surface area contributed by atoms with Crippen molar-refractivity contribution in [2.24, 2.45) is 0 Å².